The van der Waals surface area contributed by atoms with Crippen LogP contribution in [0.2, 0.25) is 0 Å². The molecule has 0 radical (unpaired) electrons. The minimum atomic E-state index is -0.244. The first kappa shape index (κ1) is 18.3. The van der Waals surface area contributed by atoms with Crippen LogP contribution in [0.15, 0.2) is 53.5 Å². The molecule has 0 bridgehead atoms. The number of fused-ring (bicyclic) bond motifs is 3. The van der Waals surface area contributed by atoms with E-state index >= 15 is 0 Å². The highest BCUT2D eigenvalue weighted by Gasteiger charge is 2.24. The SMILES string of the molecule is CCCCCCCOc1ccc([C@@H]2N=C(N)Nc3nc4ccccc4n32)cc1. The van der Waals surface area contributed by atoms with Crippen molar-refractivity contribution in [3.8, 4) is 5.75 Å². The molecule has 1 aliphatic heterocycles. The number of para-hydroxylation sites is 2. The van der Waals surface area contributed by atoms with E-state index in [0.717, 1.165) is 35.4 Å². The van der Waals surface area contributed by atoms with Crippen molar-refractivity contribution >= 4 is 22.9 Å². The van der Waals surface area contributed by atoms with Crippen LogP contribution < -0.4 is 15.8 Å². The summed E-state index contributed by atoms with van der Waals surface area (Å²) in [6.45, 7) is 2.99. The van der Waals surface area contributed by atoms with Crippen LogP contribution in [0.5, 0.6) is 5.75 Å². The number of nitrogens with two attached hydrogens (primary N) is 1. The summed E-state index contributed by atoms with van der Waals surface area (Å²) in [5.41, 5.74) is 9.00. The molecule has 0 amide bonds. The molecule has 3 N–H and O–H groups in total. The van der Waals surface area contributed by atoms with Crippen molar-refractivity contribution < 1.29 is 4.74 Å². The lowest BCUT2D eigenvalue weighted by Crippen LogP contribution is -2.31. The largest absolute Gasteiger partial charge is 0.494 e. The van der Waals surface area contributed by atoms with Gasteiger partial charge in [-0.3, -0.25) is 9.88 Å². The predicted octanol–water partition coefficient (Wildman–Crippen LogP) is 4.67. The van der Waals surface area contributed by atoms with Gasteiger partial charge in [0.1, 0.15) is 5.75 Å². The van der Waals surface area contributed by atoms with Crippen molar-refractivity contribution in [3.05, 3.63) is 54.1 Å². The smallest absolute Gasteiger partial charge is 0.212 e. The Morgan fingerprint density at radius 2 is 1.82 bits per heavy atom. The lowest BCUT2D eigenvalue weighted by Gasteiger charge is -2.24. The number of anilines is 1. The van der Waals surface area contributed by atoms with Crippen LogP contribution in [0.1, 0.15) is 50.8 Å². The van der Waals surface area contributed by atoms with Crippen molar-refractivity contribution in [3.63, 3.8) is 0 Å². The molecule has 0 fully saturated rings. The van der Waals surface area contributed by atoms with Gasteiger partial charge in [-0.2, -0.15) is 0 Å². The van der Waals surface area contributed by atoms with Gasteiger partial charge in [-0.15, -0.1) is 0 Å². The summed E-state index contributed by atoms with van der Waals surface area (Å²) in [7, 11) is 0. The molecule has 0 spiro atoms. The molecule has 1 aliphatic rings. The Kier molecular flexibility index (Phi) is 5.46. The summed E-state index contributed by atoms with van der Waals surface area (Å²) < 4.78 is 7.96. The average molecular weight is 377 g/mol. The fourth-order valence-electron chi connectivity index (χ4n) is 3.57. The van der Waals surface area contributed by atoms with Gasteiger partial charge < -0.3 is 10.5 Å². The first-order valence-corrected chi connectivity index (χ1v) is 10.1. The number of rotatable bonds is 8. The molecule has 6 heteroatoms. The quantitative estimate of drug-likeness (QED) is 0.559. The maximum atomic E-state index is 6.01. The van der Waals surface area contributed by atoms with E-state index in [9.17, 15) is 0 Å². The molecular weight excluding hydrogens is 350 g/mol. The fourth-order valence-corrected chi connectivity index (χ4v) is 3.57. The molecule has 2 heterocycles. The Hall–Kier alpha value is -3.02. The Labute approximate surface area is 165 Å². The second-order valence-electron chi connectivity index (χ2n) is 7.14. The molecule has 0 saturated carbocycles. The molecule has 0 saturated heterocycles. The van der Waals surface area contributed by atoms with Crippen molar-refractivity contribution in [2.75, 3.05) is 11.9 Å². The number of aliphatic imine (C=N–C) groups is 1. The predicted molar refractivity (Wildman–Crippen MR) is 114 cm³/mol. The number of aromatic nitrogens is 2. The van der Waals surface area contributed by atoms with E-state index < -0.39 is 0 Å². The Morgan fingerprint density at radius 3 is 2.64 bits per heavy atom. The summed E-state index contributed by atoms with van der Waals surface area (Å²) in [4.78, 5) is 9.25. The summed E-state index contributed by atoms with van der Waals surface area (Å²) in [6, 6.07) is 16.2. The second kappa shape index (κ2) is 8.33. The Balaban J connectivity index is 1.49. The van der Waals surface area contributed by atoms with Crippen LogP contribution in [0.25, 0.3) is 11.0 Å². The summed E-state index contributed by atoms with van der Waals surface area (Å²) >= 11 is 0. The highest BCUT2D eigenvalue weighted by Crippen LogP contribution is 2.32. The highest BCUT2D eigenvalue weighted by molar-refractivity contribution is 5.94. The summed E-state index contributed by atoms with van der Waals surface area (Å²) in [5.74, 6) is 1.98. The number of hydrogen-bond acceptors (Lipinski definition) is 5. The van der Waals surface area contributed by atoms with E-state index in [4.69, 9.17) is 10.5 Å². The van der Waals surface area contributed by atoms with Crippen LogP contribution in [0.4, 0.5) is 5.95 Å². The molecular formula is C22H27N5O. The molecule has 0 aliphatic carbocycles. The van der Waals surface area contributed by atoms with Crippen molar-refractivity contribution in [1.82, 2.24) is 9.55 Å². The average Bonchev–Trinajstić information content (AvgIpc) is 3.08. The zero-order valence-corrected chi connectivity index (χ0v) is 16.3. The third kappa shape index (κ3) is 3.81. The van der Waals surface area contributed by atoms with Gasteiger partial charge in [-0.1, -0.05) is 56.9 Å². The van der Waals surface area contributed by atoms with Crippen LogP contribution in [0, 0.1) is 0 Å². The zero-order chi connectivity index (χ0) is 19.3. The molecule has 1 aromatic heterocycles. The maximum absolute atomic E-state index is 6.01. The van der Waals surface area contributed by atoms with Crippen LogP contribution in [0.3, 0.4) is 0 Å². The number of hydrogen-bond donors (Lipinski definition) is 2. The molecule has 146 valence electrons. The molecule has 6 nitrogen and oxygen atoms in total. The molecule has 4 rings (SSSR count). The van der Waals surface area contributed by atoms with E-state index in [1.165, 1.54) is 25.7 Å². The fraction of sp³-hybridized carbons (Fsp3) is 0.364. The van der Waals surface area contributed by atoms with E-state index in [1.807, 2.05) is 36.4 Å². The third-order valence-corrected chi connectivity index (χ3v) is 5.04. The minimum absolute atomic E-state index is 0.244. The van der Waals surface area contributed by atoms with Gasteiger partial charge in [0.2, 0.25) is 5.95 Å². The molecule has 0 unspecified atom stereocenters. The monoisotopic (exact) mass is 377 g/mol. The third-order valence-electron chi connectivity index (χ3n) is 5.04. The number of ether oxygens (including phenoxy) is 1. The van der Waals surface area contributed by atoms with Gasteiger partial charge in [-0.25, -0.2) is 9.98 Å². The standard InChI is InChI=1S/C22H27N5O/c1-2-3-4-5-8-15-28-17-13-11-16(12-14-17)20-25-21(23)26-22-24-18-9-6-7-10-19(18)27(20)22/h6-7,9-14,20H,2-5,8,15H2,1H3,(H3,23,24,25,26)/t20-/m1/s1. The molecule has 3 aromatic rings. The van der Waals surface area contributed by atoms with Gasteiger partial charge in [0.15, 0.2) is 12.1 Å². The zero-order valence-electron chi connectivity index (χ0n) is 16.3. The molecule has 1 atom stereocenters. The number of unbranched alkanes of at least 4 members (excludes halogenated alkanes) is 4. The van der Waals surface area contributed by atoms with Crippen LogP contribution in [-0.4, -0.2) is 22.1 Å². The van der Waals surface area contributed by atoms with Gasteiger partial charge in [0.25, 0.3) is 0 Å². The number of benzene rings is 2. The second-order valence-corrected chi connectivity index (χ2v) is 7.14. The van der Waals surface area contributed by atoms with Gasteiger partial charge in [0.05, 0.1) is 17.6 Å². The van der Waals surface area contributed by atoms with Gasteiger partial charge >= 0.3 is 0 Å². The normalized spacial score (nSPS) is 15.8. The molecule has 28 heavy (non-hydrogen) atoms. The van der Waals surface area contributed by atoms with E-state index in [1.54, 1.807) is 0 Å². The first-order valence-electron chi connectivity index (χ1n) is 10.1. The van der Waals surface area contributed by atoms with Crippen molar-refractivity contribution in [2.45, 2.75) is 45.2 Å². The van der Waals surface area contributed by atoms with Crippen molar-refractivity contribution in [2.24, 2.45) is 10.7 Å². The van der Waals surface area contributed by atoms with E-state index in [2.05, 4.69) is 38.9 Å². The Morgan fingerprint density at radius 1 is 1.04 bits per heavy atom. The lowest BCUT2D eigenvalue weighted by atomic mass is 10.1. The van der Waals surface area contributed by atoms with E-state index in [-0.39, 0.29) is 6.17 Å². The number of nitrogens with one attached hydrogen (secondary N) is 1. The van der Waals surface area contributed by atoms with Gasteiger partial charge in [0, 0.05) is 0 Å². The lowest BCUT2D eigenvalue weighted by molar-refractivity contribution is 0.304. The number of nitrogens with zero attached hydrogens (tertiary/aromatic N) is 3. The van der Waals surface area contributed by atoms with Gasteiger partial charge in [-0.05, 0) is 36.2 Å². The summed E-state index contributed by atoms with van der Waals surface area (Å²) in [6.07, 6.45) is 5.94. The number of imidazole rings is 1. The molecule has 2 aromatic carbocycles. The van der Waals surface area contributed by atoms with E-state index in [0.29, 0.717) is 11.9 Å². The first-order chi connectivity index (χ1) is 13.8. The Bertz CT molecular complexity index is 961. The summed E-state index contributed by atoms with van der Waals surface area (Å²) in [5, 5.41) is 3.06. The van der Waals surface area contributed by atoms with Crippen LogP contribution >= 0.6 is 0 Å². The maximum Gasteiger partial charge on any atom is 0.212 e. The topological polar surface area (TPSA) is 77.5 Å². The van der Waals surface area contributed by atoms with Crippen molar-refractivity contribution in [1.29, 1.82) is 0 Å². The minimum Gasteiger partial charge on any atom is -0.494 e. The number of guanidine groups is 1. The van der Waals surface area contributed by atoms with Crippen LogP contribution in [-0.2, 0) is 0 Å². The highest BCUT2D eigenvalue weighted by atomic mass is 16.5.